The number of nitrogens with zero attached hydrogens (tertiary/aromatic N) is 1. The lowest BCUT2D eigenvalue weighted by Gasteiger charge is -2.18. The number of benzene rings is 1. The normalized spacial score (nSPS) is 27.2. The summed E-state index contributed by atoms with van der Waals surface area (Å²) in [5.74, 6) is 1.08. The predicted octanol–water partition coefficient (Wildman–Crippen LogP) is 2.06. The molecule has 0 radical (unpaired) electrons. The van der Waals surface area contributed by atoms with E-state index >= 15 is 0 Å². The molecule has 1 aromatic rings. The molecular formula is C13H14ClNO2. The maximum Gasteiger partial charge on any atom is 0.255 e. The van der Waals surface area contributed by atoms with Crippen molar-refractivity contribution < 1.29 is 9.53 Å². The van der Waals surface area contributed by atoms with Crippen LogP contribution in [0.4, 0.5) is 0 Å². The predicted molar refractivity (Wildman–Crippen MR) is 65.2 cm³/mol. The molecule has 1 aromatic carbocycles. The van der Waals surface area contributed by atoms with Gasteiger partial charge >= 0.3 is 0 Å². The van der Waals surface area contributed by atoms with Crippen LogP contribution in [0.3, 0.4) is 0 Å². The molecule has 2 unspecified atom stereocenters. The van der Waals surface area contributed by atoms with Gasteiger partial charge in [0.2, 0.25) is 0 Å². The molecule has 1 amide bonds. The molecule has 0 bridgehead atoms. The molecule has 0 spiro atoms. The summed E-state index contributed by atoms with van der Waals surface area (Å²) < 4.78 is 5.40. The number of ether oxygens (including phenoxy) is 1. The Morgan fingerprint density at radius 3 is 2.53 bits per heavy atom. The topological polar surface area (TPSA) is 29.5 Å². The fourth-order valence-corrected chi connectivity index (χ4v) is 2.87. The van der Waals surface area contributed by atoms with E-state index in [0.29, 0.717) is 22.4 Å². The van der Waals surface area contributed by atoms with Crippen molar-refractivity contribution in [3.05, 3.63) is 34.9 Å². The Morgan fingerprint density at radius 2 is 1.88 bits per heavy atom. The average molecular weight is 252 g/mol. The van der Waals surface area contributed by atoms with Gasteiger partial charge in [-0.1, -0.05) is 23.7 Å². The van der Waals surface area contributed by atoms with Crippen LogP contribution < -0.4 is 0 Å². The number of fused-ring (bicyclic) bond motifs is 1. The number of amides is 1. The van der Waals surface area contributed by atoms with Gasteiger partial charge in [0.25, 0.3) is 5.91 Å². The fraction of sp³-hybridized carbons (Fsp3) is 0.462. The maximum atomic E-state index is 12.3. The molecule has 90 valence electrons. The van der Waals surface area contributed by atoms with Crippen LogP contribution in [-0.4, -0.2) is 37.1 Å². The zero-order valence-corrected chi connectivity index (χ0v) is 10.2. The summed E-state index contributed by atoms with van der Waals surface area (Å²) in [5.41, 5.74) is 0.607. The maximum absolute atomic E-state index is 12.3. The number of rotatable bonds is 1. The minimum Gasteiger partial charge on any atom is -0.381 e. The van der Waals surface area contributed by atoms with Gasteiger partial charge in [-0.2, -0.15) is 0 Å². The third-order valence-electron chi connectivity index (χ3n) is 3.63. The van der Waals surface area contributed by atoms with Crippen LogP contribution in [0.5, 0.6) is 0 Å². The van der Waals surface area contributed by atoms with E-state index in [2.05, 4.69) is 0 Å². The van der Waals surface area contributed by atoms with E-state index in [9.17, 15) is 4.79 Å². The van der Waals surface area contributed by atoms with Crippen LogP contribution in [-0.2, 0) is 4.74 Å². The molecule has 0 aromatic heterocycles. The minimum absolute atomic E-state index is 0.0463. The van der Waals surface area contributed by atoms with Crippen molar-refractivity contribution in [2.45, 2.75) is 0 Å². The van der Waals surface area contributed by atoms with Crippen molar-refractivity contribution in [1.29, 1.82) is 0 Å². The minimum atomic E-state index is 0.0463. The number of likely N-dealkylation sites (tertiary alicyclic amines) is 1. The second-order valence-electron chi connectivity index (χ2n) is 4.75. The second kappa shape index (κ2) is 4.31. The molecule has 17 heavy (non-hydrogen) atoms. The number of hydrogen-bond acceptors (Lipinski definition) is 2. The highest BCUT2D eigenvalue weighted by atomic mass is 35.5. The Bertz CT molecular complexity index is 437. The summed E-state index contributed by atoms with van der Waals surface area (Å²) in [6.45, 7) is 3.18. The fourth-order valence-electron chi connectivity index (χ4n) is 2.66. The Balaban J connectivity index is 1.78. The highest BCUT2D eigenvalue weighted by Crippen LogP contribution is 2.30. The van der Waals surface area contributed by atoms with Gasteiger partial charge in [0.15, 0.2) is 0 Å². The molecule has 3 rings (SSSR count). The van der Waals surface area contributed by atoms with E-state index in [1.54, 1.807) is 12.1 Å². The largest absolute Gasteiger partial charge is 0.381 e. The molecule has 2 saturated heterocycles. The van der Waals surface area contributed by atoms with Gasteiger partial charge in [-0.05, 0) is 12.1 Å². The van der Waals surface area contributed by atoms with E-state index in [4.69, 9.17) is 16.3 Å². The van der Waals surface area contributed by atoms with Crippen LogP contribution >= 0.6 is 11.6 Å². The van der Waals surface area contributed by atoms with Gasteiger partial charge < -0.3 is 9.64 Å². The number of carbonyl (C=O) groups is 1. The Labute approximate surface area is 105 Å². The highest BCUT2D eigenvalue weighted by Gasteiger charge is 2.39. The van der Waals surface area contributed by atoms with E-state index in [-0.39, 0.29) is 5.91 Å². The van der Waals surface area contributed by atoms with E-state index in [1.807, 2.05) is 17.0 Å². The van der Waals surface area contributed by atoms with E-state index in [0.717, 1.165) is 26.3 Å². The summed E-state index contributed by atoms with van der Waals surface area (Å²) in [7, 11) is 0. The van der Waals surface area contributed by atoms with Crippen molar-refractivity contribution in [3.63, 3.8) is 0 Å². The molecular weight excluding hydrogens is 238 g/mol. The molecule has 2 atom stereocenters. The van der Waals surface area contributed by atoms with Gasteiger partial charge in [0.1, 0.15) is 0 Å². The highest BCUT2D eigenvalue weighted by molar-refractivity contribution is 6.33. The lowest BCUT2D eigenvalue weighted by atomic mass is 10.0. The first-order valence-corrected chi connectivity index (χ1v) is 6.25. The molecule has 0 saturated carbocycles. The zero-order valence-electron chi connectivity index (χ0n) is 9.43. The van der Waals surface area contributed by atoms with Gasteiger partial charge in [-0.3, -0.25) is 4.79 Å². The van der Waals surface area contributed by atoms with Crippen LogP contribution in [0.2, 0.25) is 5.02 Å². The van der Waals surface area contributed by atoms with Crippen LogP contribution in [0.1, 0.15) is 10.4 Å². The standard InChI is InChI=1S/C13H14ClNO2/c14-12-4-2-1-3-11(12)13(16)15-5-9-7-17-8-10(9)6-15/h1-4,9-10H,5-8H2. The quantitative estimate of drug-likeness (QED) is 0.765. The van der Waals surface area contributed by atoms with Gasteiger partial charge in [0.05, 0.1) is 23.8 Å². The first-order valence-electron chi connectivity index (χ1n) is 5.87. The molecule has 0 N–H and O–H groups in total. The van der Waals surface area contributed by atoms with Crippen molar-refractivity contribution >= 4 is 17.5 Å². The first kappa shape index (κ1) is 11.1. The summed E-state index contributed by atoms with van der Waals surface area (Å²) >= 11 is 6.05. The average Bonchev–Trinajstić information content (AvgIpc) is 2.88. The Morgan fingerprint density at radius 1 is 1.24 bits per heavy atom. The smallest absolute Gasteiger partial charge is 0.255 e. The van der Waals surface area contributed by atoms with E-state index < -0.39 is 0 Å². The summed E-state index contributed by atoms with van der Waals surface area (Å²) in [4.78, 5) is 14.2. The third-order valence-corrected chi connectivity index (χ3v) is 3.96. The molecule has 4 heteroatoms. The van der Waals surface area contributed by atoms with Crippen molar-refractivity contribution in [2.24, 2.45) is 11.8 Å². The third kappa shape index (κ3) is 1.94. The molecule has 2 aliphatic rings. The SMILES string of the molecule is O=C(c1ccccc1Cl)N1CC2COCC2C1. The first-order chi connectivity index (χ1) is 8.25. The number of halogens is 1. The molecule has 2 aliphatic heterocycles. The number of hydrogen-bond donors (Lipinski definition) is 0. The lowest BCUT2D eigenvalue weighted by molar-refractivity contribution is 0.0751. The van der Waals surface area contributed by atoms with E-state index in [1.165, 1.54) is 0 Å². The second-order valence-corrected chi connectivity index (χ2v) is 5.15. The monoisotopic (exact) mass is 251 g/mol. The van der Waals surface area contributed by atoms with Crippen LogP contribution in [0.25, 0.3) is 0 Å². The molecule has 3 nitrogen and oxygen atoms in total. The van der Waals surface area contributed by atoms with Crippen LogP contribution in [0.15, 0.2) is 24.3 Å². The summed E-state index contributed by atoms with van der Waals surface area (Å²) in [5, 5.41) is 0.533. The molecule has 2 heterocycles. The van der Waals surface area contributed by atoms with Gasteiger partial charge in [0, 0.05) is 24.9 Å². The number of carbonyl (C=O) groups excluding carboxylic acids is 1. The van der Waals surface area contributed by atoms with Crippen molar-refractivity contribution in [3.8, 4) is 0 Å². The Hall–Kier alpha value is -1.06. The summed E-state index contributed by atoms with van der Waals surface area (Å²) in [6.07, 6.45) is 0. The van der Waals surface area contributed by atoms with Gasteiger partial charge in [-0.25, -0.2) is 0 Å². The molecule has 2 fully saturated rings. The van der Waals surface area contributed by atoms with Crippen molar-refractivity contribution in [1.82, 2.24) is 4.90 Å². The Kier molecular flexibility index (Phi) is 2.81. The zero-order chi connectivity index (χ0) is 11.8. The molecule has 0 aliphatic carbocycles. The van der Waals surface area contributed by atoms with Crippen molar-refractivity contribution in [2.75, 3.05) is 26.3 Å². The van der Waals surface area contributed by atoms with Crippen LogP contribution in [0, 0.1) is 11.8 Å². The van der Waals surface area contributed by atoms with Gasteiger partial charge in [-0.15, -0.1) is 0 Å². The summed E-state index contributed by atoms with van der Waals surface area (Å²) in [6, 6.07) is 7.23. The lowest BCUT2D eigenvalue weighted by Crippen LogP contribution is -2.30.